The van der Waals surface area contributed by atoms with Crippen LogP contribution in [-0.2, 0) is 4.74 Å². The number of hydrogen-bond donors (Lipinski definition) is 1. The van der Waals surface area contributed by atoms with Gasteiger partial charge in [0, 0.05) is 19.3 Å². The number of nitrogens with two attached hydrogens (primary N) is 1. The Labute approximate surface area is 134 Å². The van der Waals surface area contributed by atoms with E-state index in [4.69, 9.17) is 19.9 Å². The monoisotopic (exact) mass is 365 g/mol. The Bertz CT molecular complexity index is 413. The van der Waals surface area contributed by atoms with Crippen molar-refractivity contribution in [2.45, 2.75) is 18.9 Å². The minimum atomic E-state index is -0.0141. The molecule has 0 amide bonds. The molecule has 0 bridgehead atoms. The van der Waals surface area contributed by atoms with Gasteiger partial charge in [0.25, 0.3) is 0 Å². The number of benzene rings is 1. The summed E-state index contributed by atoms with van der Waals surface area (Å²) in [4.78, 5) is 0. The van der Waals surface area contributed by atoms with E-state index in [1.165, 1.54) is 0 Å². The normalized spacial score (nSPS) is 17.2. The van der Waals surface area contributed by atoms with Crippen molar-refractivity contribution in [1.29, 1.82) is 0 Å². The summed E-state index contributed by atoms with van der Waals surface area (Å²) in [5.74, 6) is 1.94. The molecule has 1 atom stereocenters. The van der Waals surface area contributed by atoms with Gasteiger partial charge in [-0.1, -0.05) is 0 Å². The van der Waals surface area contributed by atoms with Crippen LogP contribution in [0.4, 0.5) is 0 Å². The first-order valence-corrected chi connectivity index (χ1v) is 7.21. The third-order valence-corrected chi connectivity index (χ3v) is 4.41. The fourth-order valence-corrected chi connectivity index (χ4v) is 2.98. The van der Waals surface area contributed by atoms with E-state index in [0.29, 0.717) is 5.92 Å². The molecule has 1 heterocycles. The highest BCUT2D eigenvalue weighted by Gasteiger charge is 2.24. The second kappa shape index (κ2) is 8.08. The van der Waals surface area contributed by atoms with Gasteiger partial charge in [-0.25, -0.2) is 0 Å². The van der Waals surface area contributed by atoms with Crippen LogP contribution < -0.4 is 15.2 Å². The fourth-order valence-electron chi connectivity index (χ4n) is 2.43. The first-order valence-electron chi connectivity index (χ1n) is 6.42. The van der Waals surface area contributed by atoms with Gasteiger partial charge < -0.3 is 19.9 Å². The van der Waals surface area contributed by atoms with E-state index in [9.17, 15) is 0 Å². The number of rotatable bonds is 4. The maximum Gasteiger partial charge on any atom is 0.137 e. The molecular weight excluding hydrogens is 346 g/mol. The molecule has 0 aliphatic carbocycles. The molecule has 0 unspecified atom stereocenters. The number of methoxy groups -OCH3 is 2. The maximum absolute atomic E-state index is 6.39. The summed E-state index contributed by atoms with van der Waals surface area (Å²) in [6.45, 7) is 1.59. The molecule has 1 fully saturated rings. The highest BCUT2D eigenvalue weighted by Crippen LogP contribution is 2.39. The van der Waals surface area contributed by atoms with Gasteiger partial charge in [0.1, 0.15) is 16.0 Å². The quantitative estimate of drug-likeness (QED) is 0.888. The summed E-state index contributed by atoms with van der Waals surface area (Å²) in [5, 5.41) is 0. The third-order valence-electron chi connectivity index (χ3n) is 3.63. The summed E-state index contributed by atoms with van der Waals surface area (Å²) < 4.78 is 16.9. The van der Waals surface area contributed by atoms with E-state index in [-0.39, 0.29) is 18.4 Å². The van der Waals surface area contributed by atoms with Gasteiger partial charge in [0.2, 0.25) is 0 Å². The van der Waals surface area contributed by atoms with Gasteiger partial charge in [-0.15, -0.1) is 12.4 Å². The van der Waals surface area contributed by atoms with E-state index in [0.717, 1.165) is 47.6 Å². The van der Waals surface area contributed by atoms with Crippen molar-refractivity contribution in [3.8, 4) is 11.5 Å². The van der Waals surface area contributed by atoms with Crippen LogP contribution in [0.5, 0.6) is 11.5 Å². The Kier molecular flexibility index (Phi) is 7.09. The molecule has 2 N–H and O–H groups in total. The summed E-state index contributed by atoms with van der Waals surface area (Å²) in [5.41, 5.74) is 7.43. The van der Waals surface area contributed by atoms with Crippen LogP contribution in [0.25, 0.3) is 0 Å². The number of halogens is 2. The molecule has 6 heteroatoms. The Hall–Kier alpha value is -0.490. The lowest BCUT2D eigenvalue weighted by Crippen LogP contribution is -2.27. The number of ether oxygens (including phenoxy) is 3. The van der Waals surface area contributed by atoms with Crippen LogP contribution in [0.2, 0.25) is 0 Å². The van der Waals surface area contributed by atoms with Crippen molar-refractivity contribution in [1.82, 2.24) is 0 Å². The van der Waals surface area contributed by atoms with Crippen LogP contribution >= 0.6 is 28.3 Å². The Balaban J connectivity index is 0.00000200. The van der Waals surface area contributed by atoms with Gasteiger partial charge in [0.15, 0.2) is 0 Å². The molecule has 0 aromatic heterocycles. The SMILES string of the molecule is COc1cc([C@@H](N)C2CCOCC2)cc(OC)c1Br.Cl. The van der Waals surface area contributed by atoms with Crippen LogP contribution in [-0.4, -0.2) is 27.4 Å². The van der Waals surface area contributed by atoms with Gasteiger partial charge >= 0.3 is 0 Å². The summed E-state index contributed by atoms with van der Waals surface area (Å²) in [6, 6.07) is 3.94. The predicted molar refractivity (Wildman–Crippen MR) is 85.0 cm³/mol. The van der Waals surface area contributed by atoms with Gasteiger partial charge in [-0.05, 0) is 52.4 Å². The minimum Gasteiger partial charge on any atom is -0.495 e. The molecule has 1 aliphatic heterocycles. The average Bonchev–Trinajstić information content (AvgIpc) is 2.47. The van der Waals surface area contributed by atoms with E-state index >= 15 is 0 Å². The fraction of sp³-hybridized carbons (Fsp3) is 0.571. The molecule has 0 radical (unpaired) electrons. The molecule has 114 valence electrons. The van der Waals surface area contributed by atoms with Crippen molar-refractivity contribution in [3.63, 3.8) is 0 Å². The summed E-state index contributed by atoms with van der Waals surface area (Å²) >= 11 is 3.47. The van der Waals surface area contributed by atoms with Crippen LogP contribution in [0.15, 0.2) is 16.6 Å². The molecular formula is C14H21BrClNO3. The second-order valence-corrected chi connectivity index (χ2v) is 5.51. The summed E-state index contributed by atoms with van der Waals surface area (Å²) in [6.07, 6.45) is 2.00. The highest BCUT2D eigenvalue weighted by atomic mass is 79.9. The van der Waals surface area contributed by atoms with Gasteiger partial charge in [-0.3, -0.25) is 0 Å². The molecule has 1 aromatic carbocycles. The van der Waals surface area contributed by atoms with E-state index < -0.39 is 0 Å². The van der Waals surface area contributed by atoms with Crippen LogP contribution in [0, 0.1) is 5.92 Å². The average molecular weight is 367 g/mol. The van der Waals surface area contributed by atoms with Crippen molar-refractivity contribution in [2.24, 2.45) is 11.7 Å². The zero-order chi connectivity index (χ0) is 13.8. The van der Waals surface area contributed by atoms with Crippen molar-refractivity contribution >= 4 is 28.3 Å². The molecule has 20 heavy (non-hydrogen) atoms. The maximum atomic E-state index is 6.39. The zero-order valence-electron chi connectivity index (χ0n) is 11.7. The zero-order valence-corrected chi connectivity index (χ0v) is 14.1. The summed E-state index contributed by atoms with van der Waals surface area (Å²) in [7, 11) is 3.28. The van der Waals surface area contributed by atoms with E-state index in [2.05, 4.69) is 15.9 Å². The van der Waals surface area contributed by atoms with Gasteiger partial charge in [-0.2, -0.15) is 0 Å². The Morgan fingerprint density at radius 1 is 1.20 bits per heavy atom. The first kappa shape index (κ1) is 17.6. The lowest BCUT2D eigenvalue weighted by atomic mass is 9.87. The van der Waals surface area contributed by atoms with Crippen molar-refractivity contribution < 1.29 is 14.2 Å². The molecule has 1 saturated heterocycles. The van der Waals surface area contributed by atoms with E-state index in [1.807, 2.05) is 12.1 Å². The molecule has 2 rings (SSSR count). The second-order valence-electron chi connectivity index (χ2n) is 4.71. The molecule has 1 aromatic rings. The standard InChI is InChI=1S/C14H20BrNO3.ClH/c1-17-11-7-10(8-12(18-2)13(11)15)14(16)9-3-5-19-6-4-9;/h7-9,14H,3-6,16H2,1-2H3;1H/t14-;/m0./s1. The van der Waals surface area contributed by atoms with Crippen LogP contribution in [0.3, 0.4) is 0 Å². The third kappa shape index (κ3) is 3.79. The smallest absolute Gasteiger partial charge is 0.137 e. The lowest BCUT2D eigenvalue weighted by Gasteiger charge is -2.28. The topological polar surface area (TPSA) is 53.7 Å². The first-order chi connectivity index (χ1) is 9.17. The van der Waals surface area contributed by atoms with Crippen molar-refractivity contribution in [3.05, 3.63) is 22.2 Å². The number of hydrogen-bond acceptors (Lipinski definition) is 4. The van der Waals surface area contributed by atoms with Gasteiger partial charge in [0.05, 0.1) is 14.2 Å². The largest absolute Gasteiger partial charge is 0.495 e. The molecule has 4 nitrogen and oxygen atoms in total. The van der Waals surface area contributed by atoms with Crippen molar-refractivity contribution in [2.75, 3.05) is 27.4 Å². The Morgan fingerprint density at radius 3 is 2.15 bits per heavy atom. The lowest BCUT2D eigenvalue weighted by molar-refractivity contribution is 0.0583. The Morgan fingerprint density at radius 2 is 1.70 bits per heavy atom. The molecule has 0 saturated carbocycles. The predicted octanol–water partition coefficient (Wildman–Crippen LogP) is 3.31. The molecule has 1 aliphatic rings. The van der Waals surface area contributed by atoms with E-state index in [1.54, 1.807) is 14.2 Å². The van der Waals surface area contributed by atoms with Crippen LogP contribution in [0.1, 0.15) is 24.4 Å². The molecule has 0 spiro atoms. The minimum absolute atomic E-state index is 0. The highest BCUT2D eigenvalue weighted by molar-refractivity contribution is 9.10.